The van der Waals surface area contributed by atoms with E-state index < -0.39 is 12.8 Å². The average molecular weight is 257 g/mol. The Balaban J connectivity index is 3.61. The molecule has 17 heavy (non-hydrogen) atoms. The number of halogens is 3. The van der Waals surface area contributed by atoms with Crippen molar-refractivity contribution in [1.82, 2.24) is 5.32 Å². The molecule has 104 valence electrons. The minimum absolute atomic E-state index is 0.0505. The summed E-state index contributed by atoms with van der Waals surface area (Å²) in [5, 5.41) is 3.12. The second kappa shape index (κ2) is 8.72. The fourth-order valence-corrected chi connectivity index (χ4v) is 1.24. The molecular formula is C11H22F3NO2. The van der Waals surface area contributed by atoms with Gasteiger partial charge in [-0.25, -0.2) is 0 Å². The normalized spacial score (nSPS) is 14.3. The molecule has 0 heterocycles. The predicted molar refractivity (Wildman–Crippen MR) is 60.0 cm³/mol. The van der Waals surface area contributed by atoms with Gasteiger partial charge in [0.2, 0.25) is 0 Å². The van der Waals surface area contributed by atoms with Gasteiger partial charge in [0.1, 0.15) is 6.61 Å². The molecule has 0 rings (SSSR count). The van der Waals surface area contributed by atoms with Crippen LogP contribution in [-0.2, 0) is 9.47 Å². The van der Waals surface area contributed by atoms with Crippen LogP contribution >= 0.6 is 0 Å². The summed E-state index contributed by atoms with van der Waals surface area (Å²) in [5.74, 6) is 0.365. The third-order valence-electron chi connectivity index (χ3n) is 2.22. The Kier molecular flexibility index (Phi) is 8.55. The zero-order valence-electron chi connectivity index (χ0n) is 10.6. The first-order chi connectivity index (χ1) is 7.87. The van der Waals surface area contributed by atoms with Crippen LogP contribution in [0.4, 0.5) is 13.2 Å². The summed E-state index contributed by atoms with van der Waals surface area (Å²) in [4.78, 5) is 0. The van der Waals surface area contributed by atoms with E-state index >= 15 is 0 Å². The van der Waals surface area contributed by atoms with Crippen LogP contribution in [0.2, 0.25) is 0 Å². The molecule has 0 bridgehead atoms. The summed E-state index contributed by atoms with van der Waals surface area (Å²) >= 11 is 0. The molecule has 0 spiro atoms. The summed E-state index contributed by atoms with van der Waals surface area (Å²) in [7, 11) is 0. The molecule has 1 unspecified atom stereocenters. The van der Waals surface area contributed by atoms with Crippen molar-refractivity contribution in [3.63, 3.8) is 0 Å². The molecule has 0 radical (unpaired) electrons. The van der Waals surface area contributed by atoms with Crippen molar-refractivity contribution < 1.29 is 22.6 Å². The highest BCUT2D eigenvalue weighted by molar-refractivity contribution is 4.69. The molecule has 0 aromatic rings. The van der Waals surface area contributed by atoms with Gasteiger partial charge in [0, 0.05) is 19.2 Å². The van der Waals surface area contributed by atoms with Gasteiger partial charge in [-0.15, -0.1) is 0 Å². The standard InChI is InChI=1S/C11H22F3NO2/c1-4-16-7-10(9(2)3)15-5-6-17-8-11(12,13)14/h9-10,15H,4-8H2,1-3H3. The molecule has 0 aromatic carbocycles. The smallest absolute Gasteiger partial charge is 0.380 e. The number of alkyl halides is 3. The highest BCUT2D eigenvalue weighted by Gasteiger charge is 2.27. The number of nitrogens with one attached hydrogen (secondary N) is 1. The van der Waals surface area contributed by atoms with Gasteiger partial charge in [-0.3, -0.25) is 0 Å². The Morgan fingerprint density at radius 2 is 1.82 bits per heavy atom. The van der Waals surface area contributed by atoms with E-state index in [0.29, 0.717) is 25.7 Å². The van der Waals surface area contributed by atoms with Gasteiger partial charge in [0.25, 0.3) is 0 Å². The van der Waals surface area contributed by atoms with Crippen LogP contribution in [0.15, 0.2) is 0 Å². The Morgan fingerprint density at radius 1 is 1.18 bits per heavy atom. The summed E-state index contributed by atoms with van der Waals surface area (Å²) in [6.45, 7) is 6.43. The van der Waals surface area contributed by atoms with Crippen molar-refractivity contribution in [2.24, 2.45) is 5.92 Å². The van der Waals surface area contributed by atoms with E-state index in [4.69, 9.17) is 4.74 Å². The first-order valence-corrected chi connectivity index (χ1v) is 5.82. The van der Waals surface area contributed by atoms with Gasteiger partial charge in [-0.2, -0.15) is 13.2 Å². The van der Waals surface area contributed by atoms with Crippen LogP contribution < -0.4 is 5.32 Å². The summed E-state index contributed by atoms with van der Waals surface area (Å²) in [5.41, 5.74) is 0. The summed E-state index contributed by atoms with van der Waals surface area (Å²) in [6.07, 6.45) is -4.25. The largest absolute Gasteiger partial charge is 0.411 e. The van der Waals surface area contributed by atoms with Crippen LogP contribution in [0.5, 0.6) is 0 Å². The Labute approximate surface area is 101 Å². The summed E-state index contributed by atoms with van der Waals surface area (Å²) < 4.78 is 45.1. The highest BCUT2D eigenvalue weighted by Crippen LogP contribution is 2.14. The number of hydrogen-bond acceptors (Lipinski definition) is 3. The van der Waals surface area contributed by atoms with Crippen molar-refractivity contribution in [2.75, 3.05) is 33.0 Å². The van der Waals surface area contributed by atoms with Gasteiger partial charge in [0.05, 0.1) is 13.2 Å². The lowest BCUT2D eigenvalue weighted by atomic mass is 10.1. The molecule has 1 N–H and O–H groups in total. The maximum atomic E-state index is 11.8. The average Bonchev–Trinajstić information content (AvgIpc) is 2.20. The van der Waals surface area contributed by atoms with E-state index in [-0.39, 0.29) is 12.6 Å². The second-order valence-corrected chi connectivity index (χ2v) is 4.13. The monoisotopic (exact) mass is 257 g/mol. The molecule has 0 saturated heterocycles. The first-order valence-electron chi connectivity index (χ1n) is 5.82. The van der Waals surface area contributed by atoms with Crippen LogP contribution in [0.1, 0.15) is 20.8 Å². The van der Waals surface area contributed by atoms with Crippen LogP contribution in [0.3, 0.4) is 0 Å². The predicted octanol–water partition coefficient (Wildman–Crippen LogP) is 2.22. The zero-order valence-corrected chi connectivity index (χ0v) is 10.6. The molecule has 0 saturated carbocycles. The van der Waals surface area contributed by atoms with E-state index in [1.54, 1.807) is 0 Å². The quantitative estimate of drug-likeness (QED) is 0.642. The van der Waals surface area contributed by atoms with Gasteiger partial charge >= 0.3 is 6.18 Å². The minimum Gasteiger partial charge on any atom is -0.380 e. The first kappa shape index (κ1) is 16.7. The van der Waals surface area contributed by atoms with Gasteiger partial charge < -0.3 is 14.8 Å². The van der Waals surface area contributed by atoms with E-state index in [1.165, 1.54) is 0 Å². The zero-order chi connectivity index (χ0) is 13.3. The molecule has 6 heteroatoms. The van der Waals surface area contributed by atoms with Gasteiger partial charge in [-0.05, 0) is 12.8 Å². The third-order valence-corrected chi connectivity index (χ3v) is 2.22. The SMILES string of the molecule is CCOCC(NCCOCC(F)(F)F)C(C)C. The maximum Gasteiger partial charge on any atom is 0.411 e. The Hall–Kier alpha value is -0.330. The molecule has 0 aliphatic heterocycles. The Morgan fingerprint density at radius 3 is 2.29 bits per heavy atom. The second-order valence-electron chi connectivity index (χ2n) is 4.13. The van der Waals surface area contributed by atoms with E-state index in [2.05, 4.69) is 10.1 Å². The van der Waals surface area contributed by atoms with Crippen LogP contribution in [0.25, 0.3) is 0 Å². The molecule has 3 nitrogen and oxygen atoms in total. The topological polar surface area (TPSA) is 30.5 Å². The molecule has 1 atom stereocenters. The number of rotatable bonds is 9. The van der Waals surface area contributed by atoms with Crippen molar-refractivity contribution >= 4 is 0 Å². The van der Waals surface area contributed by atoms with Crippen molar-refractivity contribution in [3.05, 3.63) is 0 Å². The molecule has 0 aliphatic rings. The van der Waals surface area contributed by atoms with Gasteiger partial charge in [-0.1, -0.05) is 13.8 Å². The molecule has 0 fully saturated rings. The van der Waals surface area contributed by atoms with E-state index in [9.17, 15) is 13.2 Å². The number of hydrogen-bond donors (Lipinski definition) is 1. The molecule has 0 amide bonds. The fourth-order valence-electron chi connectivity index (χ4n) is 1.24. The van der Waals surface area contributed by atoms with Crippen LogP contribution in [-0.4, -0.2) is 45.2 Å². The van der Waals surface area contributed by atoms with E-state index in [0.717, 1.165) is 0 Å². The molecule has 0 aromatic heterocycles. The lowest BCUT2D eigenvalue weighted by molar-refractivity contribution is -0.173. The highest BCUT2D eigenvalue weighted by atomic mass is 19.4. The minimum atomic E-state index is -4.25. The number of ether oxygens (including phenoxy) is 2. The van der Waals surface area contributed by atoms with Crippen LogP contribution in [0, 0.1) is 5.92 Å². The van der Waals surface area contributed by atoms with Crippen molar-refractivity contribution in [2.45, 2.75) is 33.0 Å². The third kappa shape index (κ3) is 10.5. The van der Waals surface area contributed by atoms with Crippen molar-refractivity contribution in [1.29, 1.82) is 0 Å². The fraction of sp³-hybridized carbons (Fsp3) is 1.00. The molecule has 0 aliphatic carbocycles. The lowest BCUT2D eigenvalue weighted by Crippen LogP contribution is -2.40. The molecular weight excluding hydrogens is 235 g/mol. The lowest BCUT2D eigenvalue weighted by Gasteiger charge is -2.22. The van der Waals surface area contributed by atoms with Gasteiger partial charge in [0.15, 0.2) is 0 Å². The Bertz CT molecular complexity index is 186. The maximum absolute atomic E-state index is 11.8. The van der Waals surface area contributed by atoms with Crippen molar-refractivity contribution in [3.8, 4) is 0 Å². The van der Waals surface area contributed by atoms with E-state index in [1.807, 2.05) is 20.8 Å². The summed E-state index contributed by atoms with van der Waals surface area (Å²) in [6, 6.07) is 0.143.